The van der Waals surface area contributed by atoms with E-state index >= 15 is 0 Å². The average Bonchev–Trinajstić information content (AvgIpc) is 2.35. The lowest BCUT2D eigenvalue weighted by Gasteiger charge is -2.35. The molecule has 2 unspecified atom stereocenters. The fourth-order valence-electron chi connectivity index (χ4n) is 2.08. The second-order valence-corrected chi connectivity index (χ2v) is 4.44. The van der Waals surface area contributed by atoms with Gasteiger partial charge in [-0.15, -0.1) is 0 Å². The second-order valence-electron chi connectivity index (χ2n) is 4.44. The van der Waals surface area contributed by atoms with Gasteiger partial charge < -0.3 is 15.4 Å². The van der Waals surface area contributed by atoms with E-state index in [4.69, 9.17) is 10.5 Å². The summed E-state index contributed by atoms with van der Waals surface area (Å²) in [5.74, 6) is 0.570. The van der Waals surface area contributed by atoms with Crippen LogP contribution in [0.1, 0.15) is 33.1 Å². The molecule has 1 aliphatic rings. The Labute approximate surface area is 98.1 Å². The van der Waals surface area contributed by atoms with Crippen molar-refractivity contribution in [3.05, 3.63) is 0 Å². The molecule has 94 valence electrons. The number of hydrogen-bond acceptors (Lipinski definition) is 3. The minimum atomic E-state index is 0.243. The van der Waals surface area contributed by atoms with Crippen molar-refractivity contribution >= 4 is 5.91 Å². The number of rotatable bonds is 5. The van der Waals surface area contributed by atoms with Crippen LogP contribution in [-0.4, -0.2) is 43.2 Å². The Bertz CT molecular complexity index is 217. The summed E-state index contributed by atoms with van der Waals surface area (Å²) in [5, 5.41) is 0. The zero-order valence-corrected chi connectivity index (χ0v) is 10.4. The van der Waals surface area contributed by atoms with Crippen molar-refractivity contribution in [3.63, 3.8) is 0 Å². The molecular weight excluding hydrogens is 204 g/mol. The van der Waals surface area contributed by atoms with Crippen LogP contribution in [0.15, 0.2) is 0 Å². The largest absolute Gasteiger partial charge is 0.377 e. The monoisotopic (exact) mass is 228 g/mol. The van der Waals surface area contributed by atoms with Gasteiger partial charge in [-0.25, -0.2) is 0 Å². The first-order valence-electron chi connectivity index (χ1n) is 6.30. The van der Waals surface area contributed by atoms with E-state index in [1.165, 1.54) is 0 Å². The van der Waals surface area contributed by atoms with E-state index in [-0.39, 0.29) is 11.9 Å². The topological polar surface area (TPSA) is 55.6 Å². The summed E-state index contributed by atoms with van der Waals surface area (Å²) in [6.45, 7) is 6.87. The van der Waals surface area contributed by atoms with Crippen LogP contribution in [0.5, 0.6) is 0 Å². The van der Waals surface area contributed by atoms with Gasteiger partial charge in [0.15, 0.2) is 0 Å². The highest BCUT2D eigenvalue weighted by molar-refractivity contribution is 5.77. The summed E-state index contributed by atoms with van der Waals surface area (Å²) in [7, 11) is 0. The van der Waals surface area contributed by atoms with Gasteiger partial charge in [-0.05, 0) is 18.9 Å². The first-order chi connectivity index (χ1) is 7.72. The van der Waals surface area contributed by atoms with Crippen molar-refractivity contribution in [3.8, 4) is 0 Å². The number of carbonyl (C=O) groups is 1. The van der Waals surface area contributed by atoms with Gasteiger partial charge in [-0.3, -0.25) is 4.79 Å². The molecule has 1 fully saturated rings. The Hall–Kier alpha value is -0.610. The third kappa shape index (κ3) is 3.46. The first-order valence-corrected chi connectivity index (χ1v) is 6.30. The zero-order valence-electron chi connectivity index (χ0n) is 10.4. The summed E-state index contributed by atoms with van der Waals surface area (Å²) < 4.78 is 5.39. The molecule has 16 heavy (non-hydrogen) atoms. The van der Waals surface area contributed by atoms with E-state index in [0.717, 1.165) is 19.4 Å². The van der Waals surface area contributed by atoms with Gasteiger partial charge in [0.1, 0.15) is 0 Å². The van der Waals surface area contributed by atoms with E-state index in [1.807, 2.05) is 4.90 Å². The maximum Gasteiger partial charge on any atom is 0.223 e. The lowest BCUT2D eigenvalue weighted by molar-refractivity contribution is -0.141. The molecule has 0 saturated carbocycles. The quantitative estimate of drug-likeness (QED) is 0.763. The standard InChI is InChI=1S/C12H24N2O2/c1-3-10(8-13)7-12(15)14-5-6-16-9-11(14)4-2/h10-11H,3-9,13H2,1-2H3. The Kier molecular flexibility index (Phi) is 5.77. The molecule has 0 aliphatic carbocycles. The van der Waals surface area contributed by atoms with E-state index in [2.05, 4.69) is 13.8 Å². The van der Waals surface area contributed by atoms with E-state index < -0.39 is 0 Å². The molecule has 1 rings (SSSR count). The minimum absolute atomic E-state index is 0.243. The van der Waals surface area contributed by atoms with Crippen LogP contribution in [0.3, 0.4) is 0 Å². The van der Waals surface area contributed by atoms with Crippen molar-refractivity contribution in [2.75, 3.05) is 26.3 Å². The molecule has 0 aromatic rings. The molecule has 1 aliphatic heterocycles. The molecular formula is C12H24N2O2. The van der Waals surface area contributed by atoms with Crippen molar-refractivity contribution in [1.82, 2.24) is 4.90 Å². The number of morpholine rings is 1. The SMILES string of the molecule is CCC(CN)CC(=O)N1CCOCC1CC. The summed E-state index contributed by atoms with van der Waals surface area (Å²) >= 11 is 0. The van der Waals surface area contributed by atoms with Crippen LogP contribution in [0.2, 0.25) is 0 Å². The molecule has 4 nitrogen and oxygen atoms in total. The summed E-state index contributed by atoms with van der Waals surface area (Å²) in [5.41, 5.74) is 5.63. The molecule has 0 aromatic carbocycles. The maximum absolute atomic E-state index is 12.1. The molecule has 4 heteroatoms. The lowest BCUT2D eigenvalue weighted by atomic mass is 10.0. The summed E-state index contributed by atoms with van der Waals surface area (Å²) in [6.07, 6.45) is 2.53. The molecule has 0 bridgehead atoms. The third-order valence-corrected chi connectivity index (χ3v) is 3.39. The van der Waals surface area contributed by atoms with E-state index in [0.29, 0.717) is 32.1 Å². The smallest absolute Gasteiger partial charge is 0.223 e. The van der Waals surface area contributed by atoms with Gasteiger partial charge in [0.25, 0.3) is 0 Å². The van der Waals surface area contributed by atoms with Gasteiger partial charge >= 0.3 is 0 Å². The van der Waals surface area contributed by atoms with E-state index in [9.17, 15) is 4.79 Å². The first kappa shape index (κ1) is 13.5. The number of amides is 1. The van der Waals surface area contributed by atoms with Gasteiger partial charge in [0, 0.05) is 13.0 Å². The fourth-order valence-corrected chi connectivity index (χ4v) is 2.08. The molecule has 1 amide bonds. The van der Waals surface area contributed by atoms with Crippen LogP contribution in [0, 0.1) is 5.92 Å². The summed E-state index contributed by atoms with van der Waals surface area (Å²) in [4.78, 5) is 14.1. The normalized spacial score (nSPS) is 23.2. The van der Waals surface area contributed by atoms with Crippen molar-refractivity contribution in [1.29, 1.82) is 0 Å². The van der Waals surface area contributed by atoms with Crippen LogP contribution in [-0.2, 0) is 9.53 Å². The summed E-state index contributed by atoms with van der Waals surface area (Å²) in [6, 6.07) is 0.261. The van der Waals surface area contributed by atoms with Crippen LogP contribution < -0.4 is 5.73 Å². The Morgan fingerprint density at radius 3 is 2.88 bits per heavy atom. The van der Waals surface area contributed by atoms with Gasteiger partial charge in [0.2, 0.25) is 5.91 Å². The van der Waals surface area contributed by atoms with Crippen LogP contribution in [0.4, 0.5) is 0 Å². The van der Waals surface area contributed by atoms with Gasteiger partial charge in [-0.1, -0.05) is 20.3 Å². The average molecular weight is 228 g/mol. The molecule has 0 radical (unpaired) electrons. The van der Waals surface area contributed by atoms with Crippen molar-refractivity contribution in [2.24, 2.45) is 11.7 Å². The highest BCUT2D eigenvalue weighted by atomic mass is 16.5. The highest BCUT2D eigenvalue weighted by Crippen LogP contribution is 2.15. The molecule has 2 N–H and O–H groups in total. The van der Waals surface area contributed by atoms with Gasteiger partial charge in [0.05, 0.1) is 19.3 Å². The Balaban J connectivity index is 2.50. The van der Waals surface area contributed by atoms with Gasteiger partial charge in [-0.2, -0.15) is 0 Å². The van der Waals surface area contributed by atoms with Crippen LogP contribution >= 0.6 is 0 Å². The number of hydrogen-bond donors (Lipinski definition) is 1. The predicted molar refractivity (Wildman–Crippen MR) is 64.1 cm³/mol. The number of carbonyl (C=O) groups excluding carboxylic acids is 1. The number of nitrogens with zero attached hydrogens (tertiary/aromatic N) is 1. The third-order valence-electron chi connectivity index (χ3n) is 3.39. The van der Waals surface area contributed by atoms with Crippen molar-refractivity contribution < 1.29 is 9.53 Å². The molecule has 2 atom stereocenters. The Morgan fingerprint density at radius 1 is 1.56 bits per heavy atom. The highest BCUT2D eigenvalue weighted by Gasteiger charge is 2.26. The second kappa shape index (κ2) is 6.86. The molecule has 0 aromatic heterocycles. The number of ether oxygens (including phenoxy) is 1. The van der Waals surface area contributed by atoms with Crippen molar-refractivity contribution in [2.45, 2.75) is 39.2 Å². The zero-order chi connectivity index (χ0) is 12.0. The molecule has 1 heterocycles. The Morgan fingerprint density at radius 2 is 2.31 bits per heavy atom. The lowest BCUT2D eigenvalue weighted by Crippen LogP contribution is -2.49. The fraction of sp³-hybridized carbons (Fsp3) is 0.917. The van der Waals surface area contributed by atoms with E-state index in [1.54, 1.807) is 0 Å². The predicted octanol–water partition coefficient (Wildman–Crippen LogP) is 0.999. The molecule has 0 spiro atoms. The number of nitrogens with two attached hydrogens (primary N) is 1. The molecule has 1 saturated heterocycles. The van der Waals surface area contributed by atoms with Crippen LogP contribution in [0.25, 0.3) is 0 Å². The maximum atomic E-state index is 12.1. The minimum Gasteiger partial charge on any atom is -0.377 e.